The third-order valence-corrected chi connectivity index (χ3v) is 1.72. The molecular weight excluding hydrogens is 186 g/mol. The second kappa shape index (κ2) is 3.33. The van der Waals surface area contributed by atoms with Gasteiger partial charge in [-0.2, -0.15) is 0 Å². The largest absolute Gasteiger partial charge is 0.476 e. The Morgan fingerprint density at radius 1 is 1.64 bits per heavy atom. The van der Waals surface area contributed by atoms with E-state index in [9.17, 15) is 4.79 Å². The van der Waals surface area contributed by atoms with E-state index in [-0.39, 0.29) is 12.2 Å². The maximum atomic E-state index is 10.7. The van der Waals surface area contributed by atoms with Crippen LogP contribution in [0.1, 0.15) is 16.2 Å². The lowest BCUT2D eigenvalue weighted by Gasteiger charge is -1.98. The molecule has 0 amide bonds. The van der Waals surface area contributed by atoms with Crippen molar-refractivity contribution in [3.8, 4) is 0 Å². The normalized spacial score (nSPS) is 10.3. The molecular formula is C8H7N3O3. The summed E-state index contributed by atoms with van der Waals surface area (Å²) in [6, 6.07) is 3.47. The molecule has 0 aliphatic rings. The summed E-state index contributed by atoms with van der Waals surface area (Å²) in [6.07, 6.45) is 2.72. The van der Waals surface area contributed by atoms with Gasteiger partial charge in [0.15, 0.2) is 5.69 Å². The number of carboxylic acid groups (broad SMARTS) is 1. The average molecular weight is 193 g/mol. The molecule has 6 heteroatoms. The number of rotatable bonds is 3. The van der Waals surface area contributed by atoms with Crippen LogP contribution in [-0.2, 0) is 6.54 Å². The Balaban J connectivity index is 2.25. The van der Waals surface area contributed by atoms with Crippen LogP contribution in [0.5, 0.6) is 0 Å². The molecule has 0 aliphatic heterocycles. The van der Waals surface area contributed by atoms with Crippen molar-refractivity contribution in [1.29, 1.82) is 0 Å². The molecule has 72 valence electrons. The molecule has 0 saturated heterocycles. The van der Waals surface area contributed by atoms with Crippen LogP contribution in [0.15, 0.2) is 29.0 Å². The summed E-state index contributed by atoms with van der Waals surface area (Å²) in [6.45, 7) is 0.272. The molecule has 0 radical (unpaired) electrons. The van der Waals surface area contributed by atoms with Gasteiger partial charge in [-0.1, -0.05) is 5.21 Å². The number of carboxylic acids is 1. The smallest absolute Gasteiger partial charge is 0.355 e. The monoisotopic (exact) mass is 193 g/mol. The standard InChI is InChI=1S/C8H7N3O3/c12-8(13)7-4-9-10-11(7)5-6-2-1-3-14-6/h1-4H,5H2,(H,12,13). The minimum absolute atomic E-state index is 0.0430. The van der Waals surface area contributed by atoms with Crippen LogP contribution in [-0.4, -0.2) is 26.1 Å². The van der Waals surface area contributed by atoms with Crippen LogP contribution < -0.4 is 0 Å². The number of aromatic carboxylic acids is 1. The van der Waals surface area contributed by atoms with Gasteiger partial charge in [-0.15, -0.1) is 5.10 Å². The highest BCUT2D eigenvalue weighted by Crippen LogP contribution is 2.04. The summed E-state index contributed by atoms with van der Waals surface area (Å²) >= 11 is 0. The lowest BCUT2D eigenvalue weighted by Crippen LogP contribution is -2.10. The van der Waals surface area contributed by atoms with Crippen molar-refractivity contribution < 1.29 is 14.3 Å². The van der Waals surface area contributed by atoms with Gasteiger partial charge >= 0.3 is 5.97 Å². The third-order valence-electron chi connectivity index (χ3n) is 1.72. The van der Waals surface area contributed by atoms with Gasteiger partial charge < -0.3 is 9.52 Å². The molecule has 2 rings (SSSR count). The molecule has 0 aliphatic carbocycles. The Morgan fingerprint density at radius 2 is 2.50 bits per heavy atom. The summed E-state index contributed by atoms with van der Waals surface area (Å²) < 4.78 is 6.33. The number of hydrogen-bond acceptors (Lipinski definition) is 4. The van der Waals surface area contributed by atoms with Crippen LogP contribution in [0.4, 0.5) is 0 Å². The maximum Gasteiger partial charge on any atom is 0.355 e. The molecule has 14 heavy (non-hydrogen) atoms. The molecule has 2 aromatic heterocycles. The SMILES string of the molecule is O=C(O)c1cnnn1Cc1ccco1. The fourth-order valence-electron chi connectivity index (χ4n) is 1.09. The number of carbonyl (C=O) groups is 1. The molecule has 6 nitrogen and oxygen atoms in total. The van der Waals surface area contributed by atoms with Crippen molar-refractivity contribution in [3.05, 3.63) is 36.0 Å². The zero-order chi connectivity index (χ0) is 9.97. The summed E-state index contributed by atoms with van der Waals surface area (Å²) in [7, 11) is 0. The lowest BCUT2D eigenvalue weighted by molar-refractivity contribution is 0.0683. The molecule has 0 bridgehead atoms. The Bertz CT molecular complexity index is 432. The van der Waals surface area contributed by atoms with E-state index >= 15 is 0 Å². The van der Waals surface area contributed by atoms with Crippen LogP contribution in [0.2, 0.25) is 0 Å². The Hall–Kier alpha value is -2.11. The fraction of sp³-hybridized carbons (Fsp3) is 0.125. The molecule has 0 unspecified atom stereocenters. The summed E-state index contributed by atoms with van der Waals surface area (Å²) in [5, 5.41) is 15.9. The number of hydrogen-bond donors (Lipinski definition) is 1. The van der Waals surface area contributed by atoms with Crippen molar-refractivity contribution in [3.63, 3.8) is 0 Å². The quantitative estimate of drug-likeness (QED) is 0.772. The van der Waals surface area contributed by atoms with E-state index in [1.165, 1.54) is 17.1 Å². The van der Waals surface area contributed by atoms with Crippen LogP contribution in [0.25, 0.3) is 0 Å². The summed E-state index contributed by atoms with van der Waals surface area (Å²) in [5.41, 5.74) is 0.0430. The minimum atomic E-state index is -1.05. The van der Waals surface area contributed by atoms with Crippen molar-refractivity contribution in [2.75, 3.05) is 0 Å². The number of furan rings is 1. The third kappa shape index (κ3) is 1.49. The van der Waals surface area contributed by atoms with E-state index in [1.807, 2.05) is 0 Å². The Labute approximate surface area is 78.8 Å². The average Bonchev–Trinajstić information content (AvgIpc) is 2.75. The van der Waals surface area contributed by atoms with E-state index in [0.29, 0.717) is 5.76 Å². The predicted octanol–water partition coefficient (Wildman–Crippen LogP) is 0.618. The molecule has 0 atom stereocenters. The van der Waals surface area contributed by atoms with Crippen molar-refractivity contribution in [2.24, 2.45) is 0 Å². The molecule has 2 aromatic rings. The zero-order valence-electron chi connectivity index (χ0n) is 7.12. The van der Waals surface area contributed by atoms with Crippen LogP contribution >= 0.6 is 0 Å². The molecule has 1 N–H and O–H groups in total. The van der Waals surface area contributed by atoms with Gasteiger partial charge in [0.25, 0.3) is 0 Å². The molecule has 0 spiro atoms. The highest BCUT2D eigenvalue weighted by Gasteiger charge is 2.12. The van der Waals surface area contributed by atoms with Gasteiger partial charge in [-0.25, -0.2) is 9.48 Å². The van der Waals surface area contributed by atoms with Crippen LogP contribution in [0, 0.1) is 0 Å². The first kappa shape index (κ1) is 8.49. The highest BCUT2D eigenvalue weighted by molar-refractivity contribution is 5.85. The lowest BCUT2D eigenvalue weighted by atomic mass is 10.4. The molecule has 0 saturated carbocycles. The second-order valence-electron chi connectivity index (χ2n) is 2.66. The number of nitrogens with zero attached hydrogens (tertiary/aromatic N) is 3. The van der Waals surface area contributed by atoms with Gasteiger partial charge in [0.1, 0.15) is 12.3 Å². The summed E-state index contributed by atoms with van der Waals surface area (Å²) in [5.74, 6) is -0.417. The first-order chi connectivity index (χ1) is 6.77. The van der Waals surface area contributed by atoms with Gasteiger partial charge in [-0.3, -0.25) is 0 Å². The number of aromatic nitrogens is 3. The topological polar surface area (TPSA) is 81.1 Å². The van der Waals surface area contributed by atoms with E-state index in [4.69, 9.17) is 9.52 Å². The van der Waals surface area contributed by atoms with E-state index in [1.54, 1.807) is 12.1 Å². The molecule has 0 fully saturated rings. The van der Waals surface area contributed by atoms with E-state index < -0.39 is 5.97 Å². The van der Waals surface area contributed by atoms with Gasteiger partial charge in [0.05, 0.1) is 12.5 Å². The maximum absolute atomic E-state index is 10.7. The van der Waals surface area contributed by atoms with Gasteiger partial charge in [-0.05, 0) is 12.1 Å². The van der Waals surface area contributed by atoms with Crippen LogP contribution in [0.3, 0.4) is 0 Å². The zero-order valence-corrected chi connectivity index (χ0v) is 7.12. The van der Waals surface area contributed by atoms with E-state index in [0.717, 1.165) is 0 Å². The van der Waals surface area contributed by atoms with Crippen molar-refractivity contribution in [2.45, 2.75) is 6.54 Å². The minimum Gasteiger partial charge on any atom is -0.476 e. The highest BCUT2D eigenvalue weighted by atomic mass is 16.4. The first-order valence-corrected chi connectivity index (χ1v) is 3.91. The molecule has 2 heterocycles. The predicted molar refractivity (Wildman–Crippen MR) is 44.8 cm³/mol. The van der Waals surface area contributed by atoms with Crippen molar-refractivity contribution >= 4 is 5.97 Å². The fourth-order valence-corrected chi connectivity index (χ4v) is 1.09. The Morgan fingerprint density at radius 3 is 3.14 bits per heavy atom. The first-order valence-electron chi connectivity index (χ1n) is 3.91. The van der Waals surface area contributed by atoms with Crippen molar-refractivity contribution in [1.82, 2.24) is 15.0 Å². The van der Waals surface area contributed by atoms with Gasteiger partial charge in [0, 0.05) is 0 Å². The second-order valence-corrected chi connectivity index (χ2v) is 2.66. The molecule has 0 aromatic carbocycles. The summed E-state index contributed by atoms with van der Waals surface area (Å²) in [4.78, 5) is 10.7. The van der Waals surface area contributed by atoms with Gasteiger partial charge in [0.2, 0.25) is 0 Å². The Kier molecular flexibility index (Phi) is 2.02. The van der Waals surface area contributed by atoms with E-state index in [2.05, 4.69) is 10.3 Å².